The van der Waals surface area contributed by atoms with Crippen molar-refractivity contribution >= 4 is 23.0 Å². The molecule has 4 heteroatoms. The van der Waals surface area contributed by atoms with Gasteiger partial charge in [-0.05, 0) is 49.6 Å². The van der Waals surface area contributed by atoms with E-state index in [2.05, 4.69) is 64.5 Å². The van der Waals surface area contributed by atoms with Crippen LogP contribution < -0.4 is 5.32 Å². The van der Waals surface area contributed by atoms with Gasteiger partial charge < -0.3 is 9.88 Å². The van der Waals surface area contributed by atoms with Gasteiger partial charge in [0.1, 0.15) is 5.82 Å². The molecule has 4 aromatic rings. The van der Waals surface area contributed by atoms with Gasteiger partial charge in [-0.15, -0.1) is 0 Å². The lowest BCUT2D eigenvalue weighted by atomic mass is 10.1. The van der Waals surface area contributed by atoms with Crippen LogP contribution in [0.1, 0.15) is 46.6 Å². The smallest absolute Gasteiger partial charge is 0.251 e. The van der Waals surface area contributed by atoms with E-state index in [0.717, 1.165) is 54.7 Å². The number of carbonyl (C=O) groups is 1. The summed E-state index contributed by atoms with van der Waals surface area (Å²) in [7, 11) is 0. The Labute approximate surface area is 196 Å². The first-order valence-corrected chi connectivity index (χ1v) is 11.7. The van der Waals surface area contributed by atoms with E-state index in [9.17, 15) is 4.79 Å². The molecule has 3 aromatic carbocycles. The van der Waals surface area contributed by atoms with Gasteiger partial charge in [0.05, 0.1) is 11.0 Å². The largest absolute Gasteiger partial charge is 0.352 e. The lowest BCUT2D eigenvalue weighted by Gasteiger charge is -2.08. The second-order valence-corrected chi connectivity index (χ2v) is 8.38. The second kappa shape index (κ2) is 11.3. The summed E-state index contributed by atoms with van der Waals surface area (Å²) in [5.74, 6) is 1.13. The van der Waals surface area contributed by atoms with Crippen LogP contribution in [0.4, 0.5) is 0 Å². The first kappa shape index (κ1) is 22.5. The van der Waals surface area contributed by atoms with Crippen LogP contribution >= 0.6 is 0 Å². The van der Waals surface area contributed by atoms with Crippen molar-refractivity contribution in [3.8, 4) is 0 Å². The Kier molecular flexibility index (Phi) is 7.70. The Bertz CT molecular complexity index is 1220. The van der Waals surface area contributed by atoms with Gasteiger partial charge in [0.25, 0.3) is 5.91 Å². The average molecular weight is 438 g/mol. The number of allylic oxidation sites excluding steroid dienone is 1. The predicted octanol–water partition coefficient (Wildman–Crippen LogP) is 6.20. The maximum Gasteiger partial charge on any atom is 0.251 e. The molecule has 0 unspecified atom stereocenters. The summed E-state index contributed by atoms with van der Waals surface area (Å²) in [5, 5.41) is 3.03. The minimum atomic E-state index is 0.00527. The van der Waals surface area contributed by atoms with E-state index in [1.165, 1.54) is 11.1 Å². The fourth-order valence-corrected chi connectivity index (χ4v) is 4.05. The third-order valence-electron chi connectivity index (χ3n) is 5.77. The highest BCUT2D eigenvalue weighted by Crippen LogP contribution is 2.18. The second-order valence-electron chi connectivity index (χ2n) is 8.38. The lowest BCUT2D eigenvalue weighted by Crippen LogP contribution is -2.24. The van der Waals surface area contributed by atoms with Crippen molar-refractivity contribution < 1.29 is 4.79 Å². The van der Waals surface area contributed by atoms with E-state index >= 15 is 0 Å². The molecule has 0 aliphatic carbocycles. The van der Waals surface area contributed by atoms with Crippen LogP contribution in [0.5, 0.6) is 0 Å². The maximum atomic E-state index is 12.3. The van der Waals surface area contributed by atoms with Crippen LogP contribution in [0.3, 0.4) is 0 Å². The quantitative estimate of drug-likeness (QED) is 0.300. The Balaban J connectivity index is 1.29. The predicted molar refractivity (Wildman–Crippen MR) is 136 cm³/mol. The topological polar surface area (TPSA) is 46.9 Å². The molecule has 1 N–H and O–H groups in total. The van der Waals surface area contributed by atoms with Crippen LogP contribution in [0.2, 0.25) is 0 Å². The van der Waals surface area contributed by atoms with Gasteiger partial charge in [0.2, 0.25) is 0 Å². The molecule has 0 aliphatic rings. The van der Waals surface area contributed by atoms with Crippen molar-refractivity contribution in [1.29, 1.82) is 0 Å². The normalized spacial score (nSPS) is 11.3. The molecule has 0 saturated carbocycles. The van der Waals surface area contributed by atoms with Crippen molar-refractivity contribution in [3.63, 3.8) is 0 Å². The molecule has 0 fully saturated rings. The number of amides is 1. The highest BCUT2D eigenvalue weighted by Gasteiger charge is 2.09. The number of rotatable bonds is 10. The molecule has 0 atom stereocenters. The number of fused-ring (bicyclic) bond motifs is 1. The number of nitrogens with one attached hydrogen (secondary N) is 1. The molecule has 4 rings (SSSR count). The van der Waals surface area contributed by atoms with E-state index in [4.69, 9.17) is 4.98 Å². The van der Waals surface area contributed by atoms with Crippen molar-refractivity contribution in [2.75, 3.05) is 6.54 Å². The number of unbranched alkanes of at least 4 members (excludes halogenated alkanes) is 2. The summed E-state index contributed by atoms with van der Waals surface area (Å²) in [6.07, 6.45) is 8.36. The summed E-state index contributed by atoms with van der Waals surface area (Å²) in [5.41, 5.74) is 5.26. The highest BCUT2D eigenvalue weighted by molar-refractivity contribution is 5.94. The minimum Gasteiger partial charge on any atom is -0.352 e. The number of hydrogen-bond donors (Lipinski definition) is 1. The molecule has 0 aliphatic heterocycles. The van der Waals surface area contributed by atoms with Crippen molar-refractivity contribution in [1.82, 2.24) is 14.9 Å². The van der Waals surface area contributed by atoms with Gasteiger partial charge in [-0.25, -0.2) is 4.98 Å². The molecule has 1 amide bonds. The SMILES string of the molecule is Cc1cccc(C(=O)NCCCCCc2nc3ccccc3n2C/C=C/c2ccccc2)c1. The first-order chi connectivity index (χ1) is 16.2. The number of hydrogen-bond acceptors (Lipinski definition) is 2. The lowest BCUT2D eigenvalue weighted by molar-refractivity contribution is 0.0953. The standard InChI is InChI=1S/C29H31N3O/c1-23-12-10-16-25(22-23)29(33)30-20-9-3-6-19-28-31-26-17-7-8-18-27(26)32(28)21-11-15-24-13-4-2-5-14-24/h2,4-5,7-8,10-18,22H,3,6,9,19-21H2,1H3,(H,30,33)/b15-11+. The van der Waals surface area contributed by atoms with Crippen LogP contribution in [-0.4, -0.2) is 22.0 Å². The molecule has 0 saturated heterocycles. The number of carbonyl (C=O) groups excluding carboxylic acids is 1. The summed E-state index contributed by atoms with van der Waals surface area (Å²) in [4.78, 5) is 17.2. The van der Waals surface area contributed by atoms with Gasteiger partial charge in [-0.2, -0.15) is 0 Å². The average Bonchev–Trinajstić information content (AvgIpc) is 3.19. The van der Waals surface area contributed by atoms with E-state index < -0.39 is 0 Å². The minimum absolute atomic E-state index is 0.00527. The van der Waals surface area contributed by atoms with E-state index in [0.29, 0.717) is 6.54 Å². The maximum absolute atomic E-state index is 12.3. The van der Waals surface area contributed by atoms with Crippen LogP contribution in [0, 0.1) is 6.92 Å². The van der Waals surface area contributed by atoms with Gasteiger partial charge in [-0.1, -0.05) is 78.7 Å². The van der Waals surface area contributed by atoms with Crippen molar-refractivity contribution in [2.24, 2.45) is 0 Å². The summed E-state index contributed by atoms with van der Waals surface area (Å²) < 4.78 is 2.31. The number of aryl methyl sites for hydroxylation is 2. The molecule has 1 aromatic heterocycles. The number of imidazole rings is 1. The third kappa shape index (κ3) is 6.19. The van der Waals surface area contributed by atoms with Crippen LogP contribution in [0.25, 0.3) is 17.1 Å². The zero-order chi connectivity index (χ0) is 22.9. The molecular weight excluding hydrogens is 406 g/mol. The van der Waals surface area contributed by atoms with E-state index in [-0.39, 0.29) is 5.91 Å². The molecular formula is C29H31N3O. The molecule has 1 heterocycles. The van der Waals surface area contributed by atoms with Gasteiger partial charge in [0, 0.05) is 25.1 Å². The molecule has 4 nitrogen and oxygen atoms in total. The van der Waals surface area contributed by atoms with Crippen LogP contribution in [-0.2, 0) is 13.0 Å². The zero-order valence-corrected chi connectivity index (χ0v) is 19.2. The first-order valence-electron chi connectivity index (χ1n) is 11.7. The van der Waals surface area contributed by atoms with Gasteiger partial charge >= 0.3 is 0 Å². The zero-order valence-electron chi connectivity index (χ0n) is 19.2. The summed E-state index contributed by atoms with van der Waals surface area (Å²) in [6, 6.07) is 26.4. The van der Waals surface area contributed by atoms with Gasteiger partial charge in [-0.3, -0.25) is 4.79 Å². The number of para-hydroxylation sites is 2. The molecule has 0 bridgehead atoms. The highest BCUT2D eigenvalue weighted by atomic mass is 16.1. The monoisotopic (exact) mass is 437 g/mol. The Morgan fingerprint density at radius 2 is 1.76 bits per heavy atom. The fraction of sp³-hybridized carbons (Fsp3) is 0.241. The third-order valence-corrected chi connectivity index (χ3v) is 5.77. The number of benzene rings is 3. The summed E-state index contributed by atoms with van der Waals surface area (Å²) >= 11 is 0. The Hall–Kier alpha value is -3.66. The molecule has 33 heavy (non-hydrogen) atoms. The molecule has 0 spiro atoms. The van der Waals surface area contributed by atoms with Gasteiger partial charge in [0.15, 0.2) is 0 Å². The Morgan fingerprint density at radius 1 is 0.939 bits per heavy atom. The Morgan fingerprint density at radius 3 is 2.61 bits per heavy atom. The molecule has 0 radical (unpaired) electrons. The molecule has 168 valence electrons. The van der Waals surface area contributed by atoms with E-state index in [1.807, 2.05) is 43.3 Å². The van der Waals surface area contributed by atoms with Crippen molar-refractivity contribution in [3.05, 3.63) is 107 Å². The number of nitrogens with zero attached hydrogens (tertiary/aromatic N) is 2. The van der Waals surface area contributed by atoms with Crippen LogP contribution in [0.15, 0.2) is 84.9 Å². The fourth-order valence-electron chi connectivity index (χ4n) is 4.05. The van der Waals surface area contributed by atoms with Crippen molar-refractivity contribution in [2.45, 2.75) is 39.2 Å². The number of aromatic nitrogens is 2. The summed E-state index contributed by atoms with van der Waals surface area (Å²) in [6.45, 7) is 3.50. The van der Waals surface area contributed by atoms with E-state index in [1.54, 1.807) is 0 Å².